The maximum absolute atomic E-state index is 12.8. The number of allylic oxidation sites excluding steroid dienone is 2. The highest BCUT2D eigenvalue weighted by atomic mass is 16.6. The third kappa shape index (κ3) is 4.94. The van der Waals surface area contributed by atoms with Crippen molar-refractivity contribution in [3.8, 4) is 0 Å². The van der Waals surface area contributed by atoms with Crippen LogP contribution < -0.4 is 11.1 Å². The first kappa shape index (κ1) is 20.9. The summed E-state index contributed by atoms with van der Waals surface area (Å²) in [5, 5.41) is 2.69. The normalized spacial score (nSPS) is 13.9. The molecule has 1 atom stereocenters. The Balaban J connectivity index is 1.74. The van der Waals surface area contributed by atoms with E-state index in [1.165, 1.54) is 11.8 Å². The maximum atomic E-state index is 12.8. The van der Waals surface area contributed by atoms with Crippen LogP contribution in [0, 0.1) is 6.92 Å². The number of amides is 2. The van der Waals surface area contributed by atoms with Gasteiger partial charge in [-0.2, -0.15) is 0 Å². The molecule has 0 aromatic heterocycles. The zero-order valence-corrected chi connectivity index (χ0v) is 16.8. The molecular weight excluding hydrogens is 382 g/mol. The van der Waals surface area contributed by atoms with Crippen LogP contribution in [0.25, 0.3) is 0 Å². The lowest BCUT2D eigenvalue weighted by atomic mass is 10.1. The summed E-state index contributed by atoms with van der Waals surface area (Å²) in [5.74, 6) is -1.19. The number of aryl methyl sites for hydroxylation is 1. The largest absolute Gasteiger partial charge is 0.437 e. The molecule has 1 aliphatic heterocycles. The molecule has 1 heterocycles. The monoisotopic (exact) mass is 405 g/mol. The van der Waals surface area contributed by atoms with E-state index in [2.05, 4.69) is 5.32 Å². The van der Waals surface area contributed by atoms with Crippen molar-refractivity contribution in [3.63, 3.8) is 0 Å². The molecular formula is C23H23N3O4. The third-order valence-electron chi connectivity index (χ3n) is 4.59. The highest BCUT2D eigenvalue weighted by Crippen LogP contribution is 2.20. The van der Waals surface area contributed by atoms with Gasteiger partial charge in [0.25, 0.3) is 11.8 Å². The molecule has 7 nitrogen and oxygen atoms in total. The minimum atomic E-state index is -0.995. The van der Waals surface area contributed by atoms with E-state index in [0.29, 0.717) is 22.4 Å². The molecule has 0 bridgehead atoms. The lowest BCUT2D eigenvalue weighted by molar-refractivity contribution is -0.149. The van der Waals surface area contributed by atoms with Gasteiger partial charge in [-0.15, -0.1) is 0 Å². The Hall–Kier alpha value is -3.87. The Morgan fingerprint density at radius 2 is 1.90 bits per heavy atom. The van der Waals surface area contributed by atoms with Crippen molar-refractivity contribution < 1.29 is 19.1 Å². The number of nitrogens with one attached hydrogen (secondary N) is 1. The molecule has 0 radical (unpaired) electrons. The van der Waals surface area contributed by atoms with Gasteiger partial charge >= 0.3 is 5.97 Å². The molecule has 2 amide bonds. The second-order valence-electron chi connectivity index (χ2n) is 6.91. The first-order valence-electron chi connectivity index (χ1n) is 9.42. The zero-order valence-electron chi connectivity index (χ0n) is 16.8. The molecule has 7 heteroatoms. The summed E-state index contributed by atoms with van der Waals surface area (Å²) in [7, 11) is 0. The number of carbonyl (C=O) groups is 3. The molecule has 3 rings (SSSR count). The second kappa shape index (κ2) is 9.09. The van der Waals surface area contributed by atoms with Crippen LogP contribution in [-0.4, -0.2) is 29.2 Å². The van der Waals surface area contributed by atoms with Gasteiger partial charge in [-0.3, -0.25) is 14.4 Å². The molecule has 0 spiro atoms. The van der Waals surface area contributed by atoms with Crippen LogP contribution in [0.15, 0.2) is 72.5 Å². The number of ether oxygens (including phenoxy) is 1. The van der Waals surface area contributed by atoms with Crippen molar-refractivity contribution in [2.45, 2.75) is 20.1 Å². The summed E-state index contributed by atoms with van der Waals surface area (Å²) in [6.07, 6.45) is 3.90. The smallest absolute Gasteiger partial charge is 0.304 e. The van der Waals surface area contributed by atoms with E-state index in [4.69, 9.17) is 10.5 Å². The number of esters is 1. The van der Waals surface area contributed by atoms with Crippen LogP contribution in [0.5, 0.6) is 0 Å². The summed E-state index contributed by atoms with van der Waals surface area (Å²) in [6, 6.07) is 14.0. The van der Waals surface area contributed by atoms with Gasteiger partial charge in [0.2, 0.25) is 6.23 Å². The minimum absolute atomic E-state index is 0.0964. The SMILES string of the molecule is CC(=O)O[C@H](NC(=O)C1=CC=CN(C(=O)c2ccccc2C)C1)c1cccc(N)c1. The Bertz CT molecular complexity index is 1040. The van der Waals surface area contributed by atoms with Crippen molar-refractivity contribution >= 4 is 23.5 Å². The first-order chi connectivity index (χ1) is 14.3. The molecule has 0 aliphatic carbocycles. The average molecular weight is 405 g/mol. The molecule has 2 aromatic rings. The summed E-state index contributed by atoms with van der Waals surface area (Å²) < 4.78 is 5.26. The predicted molar refractivity (Wildman–Crippen MR) is 113 cm³/mol. The Morgan fingerprint density at radius 1 is 1.13 bits per heavy atom. The van der Waals surface area contributed by atoms with Crippen LogP contribution >= 0.6 is 0 Å². The van der Waals surface area contributed by atoms with Gasteiger partial charge in [-0.05, 0) is 36.8 Å². The number of hydrogen-bond donors (Lipinski definition) is 2. The lowest BCUT2D eigenvalue weighted by Gasteiger charge is -2.25. The molecule has 154 valence electrons. The van der Waals surface area contributed by atoms with Crippen molar-refractivity contribution in [1.82, 2.24) is 10.2 Å². The highest BCUT2D eigenvalue weighted by Gasteiger charge is 2.24. The van der Waals surface area contributed by atoms with Gasteiger partial charge in [-0.25, -0.2) is 0 Å². The number of rotatable bonds is 5. The van der Waals surface area contributed by atoms with E-state index in [1.54, 1.807) is 54.8 Å². The van der Waals surface area contributed by atoms with Crippen LogP contribution in [0.2, 0.25) is 0 Å². The number of nitrogen functional groups attached to an aromatic ring is 1. The van der Waals surface area contributed by atoms with E-state index >= 15 is 0 Å². The summed E-state index contributed by atoms with van der Waals surface area (Å²) in [5.41, 5.74) is 8.61. The highest BCUT2D eigenvalue weighted by molar-refractivity contribution is 5.99. The standard InChI is InChI=1S/C23H23N3O4/c1-15-7-3-4-11-20(15)23(29)26-12-6-9-18(14-26)21(28)25-22(30-16(2)27)17-8-5-10-19(24)13-17/h3-13,22H,14,24H2,1-2H3,(H,25,28)/t22-/m0/s1. The van der Waals surface area contributed by atoms with Gasteiger partial charge in [0, 0.05) is 35.5 Å². The van der Waals surface area contributed by atoms with Crippen LogP contribution in [0.3, 0.4) is 0 Å². The fraction of sp³-hybridized carbons (Fsp3) is 0.174. The molecule has 0 saturated heterocycles. The lowest BCUT2D eigenvalue weighted by Crippen LogP contribution is -2.38. The van der Waals surface area contributed by atoms with E-state index in [-0.39, 0.29) is 12.5 Å². The van der Waals surface area contributed by atoms with Gasteiger partial charge < -0.3 is 20.7 Å². The van der Waals surface area contributed by atoms with Gasteiger partial charge in [0.05, 0.1) is 6.54 Å². The number of carbonyl (C=O) groups excluding carboxylic acids is 3. The topological polar surface area (TPSA) is 102 Å². The Kier molecular flexibility index (Phi) is 6.32. The first-order valence-corrected chi connectivity index (χ1v) is 9.42. The average Bonchev–Trinajstić information content (AvgIpc) is 2.73. The van der Waals surface area contributed by atoms with Crippen LogP contribution in [0.1, 0.15) is 34.6 Å². The molecule has 30 heavy (non-hydrogen) atoms. The maximum Gasteiger partial charge on any atom is 0.304 e. The number of nitrogens with zero attached hydrogens (tertiary/aromatic N) is 1. The number of hydrogen-bond acceptors (Lipinski definition) is 5. The molecule has 3 N–H and O–H groups in total. The predicted octanol–water partition coefficient (Wildman–Crippen LogP) is 2.85. The molecule has 0 saturated carbocycles. The van der Waals surface area contributed by atoms with Gasteiger partial charge in [0.15, 0.2) is 0 Å². The van der Waals surface area contributed by atoms with Gasteiger partial charge in [-0.1, -0.05) is 36.4 Å². The fourth-order valence-electron chi connectivity index (χ4n) is 3.09. The quantitative estimate of drug-likeness (QED) is 0.452. The van der Waals surface area contributed by atoms with Crippen LogP contribution in [0.4, 0.5) is 5.69 Å². The van der Waals surface area contributed by atoms with Gasteiger partial charge in [0.1, 0.15) is 0 Å². The van der Waals surface area contributed by atoms with Crippen LogP contribution in [-0.2, 0) is 14.3 Å². The van der Waals surface area contributed by atoms with E-state index in [9.17, 15) is 14.4 Å². The number of benzene rings is 2. The molecule has 1 aliphatic rings. The van der Waals surface area contributed by atoms with E-state index in [0.717, 1.165) is 5.56 Å². The molecule has 2 aromatic carbocycles. The Morgan fingerprint density at radius 3 is 2.60 bits per heavy atom. The van der Waals surface area contributed by atoms with Crippen molar-refractivity contribution in [2.75, 3.05) is 12.3 Å². The second-order valence-corrected chi connectivity index (χ2v) is 6.91. The number of anilines is 1. The van der Waals surface area contributed by atoms with E-state index in [1.807, 2.05) is 19.1 Å². The zero-order chi connectivity index (χ0) is 21.7. The van der Waals surface area contributed by atoms with Crippen molar-refractivity contribution in [1.29, 1.82) is 0 Å². The fourth-order valence-corrected chi connectivity index (χ4v) is 3.09. The third-order valence-corrected chi connectivity index (χ3v) is 4.59. The van der Waals surface area contributed by atoms with Crippen molar-refractivity contribution in [3.05, 3.63) is 89.1 Å². The molecule has 0 unspecified atom stereocenters. The van der Waals surface area contributed by atoms with Crippen molar-refractivity contribution in [2.24, 2.45) is 0 Å². The summed E-state index contributed by atoms with van der Waals surface area (Å²) in [4.78, 5) is 38.7. The summed E-state index contributed by atoms with van der Waals surface area (Å²) >= 11 is 0. The molecule has 0 fully saturated rings. The van der Waals surface area contributed by atoms with E-state index < -0.39 is 18.1 Å². The minimum Gasteiger partial charge on any atom is -0.437 e. The number of nitrogens with two attached hydrogens (primary N) is 1. The summed E-state index contributed by atoms with van der Waals surface area (Å²) in [6.45, 7) is 3.22. The Labute approximate surface area is 174 Å².